The van der Waals surface area contributed by atoms with Gasteiger partial charge < -0.3 is 11.1 Å². The third-order valence-corrected chi connectivity index (χ3v) is 4.39. The Bertz CT molecular complexity index is 1080. The molecule has 3 N–H and O–H groups in total. The quantitative estimate of drug-likeness (QED) is 0.559. The Morgan fingerprint density at radius 2 is 1.93 bits per heavy atom. The highest BCUT2D eigenvalue weighted by molar-refractivity contribution is 5.78. The first-order chi connectivity index (χ1) is 13.2. The van der Waals surface area contributed by atoms with Gasteiger partial charge in [-0.25, -0.2) is 19.3 Å². The summed E-state index contributed by atoms with van der Waals surface area (Å²) in [6.45, 7) is 2.05. The van der Waals surface area contributed by atoms with Crippen molar-refractivity contribution in [1.29, 1.82) is 0 Å². The van der Waals surface area contributed by atoms with Gasteiger partial charge in [0.05, 0.1) is 17.1 Å². The van der Waals surface area contributed by atoms with Gasteiger partial charge >= 0.3 is 0 Å². The number of rotatable bonds is 5. The van der Waals surface area contributed by atoms with Crippen LogP contribution in [0.2, 0.25) is 0 Å². The predicted molar refractivity (Wildman–Crippen MR) is 104 cm³/mol. The van der Waals surface area contributed by atoms with Gasteiger partial charge in [0.2, 0.25) is 0 Å². The van der Waals surface area contributed by atoms with Crippen molar-refractivity contribution < 1.29 is 4.39 Å². The highest BCUT2D eigenvalue weighted by Crippen LogP contribution is 2.29. The normalized spacial score (nSPS) is 12.2. The molecule has 0 radical (unpaired) electrons. The van der Waals surface area contributed by atoms with E-state index in [1.165, 1.54) is 18.5 Å². The first-order valence-corrected chi connectivity index (χ1v) is 8.73. The number of halogens is 1. The molecule has 2 aromatic carbocycles. The number of nitrogens with zero attached hydrogens (tertiary/aromatic N) is 4. The largest absolute Gasteiger partial charge is 0.384 e. The summed E-state index contributed by atoms with van der Waals surface area (Å²) in [4.78, 5) is 12.9. The number of hydrogen-bond acceptors (Lipinski definition) is 5. The van der Waals surface area contributed by atoms with E-state index in [1.807, 2.05) is 34.9 Å². The monoisotopic (exact) mass is 362 g/mol. The molecule has 4 rings (SSSR count). The third kappa shape index (κ3) is 3.31. The maximum Gasteiger partial charge on any atom is 0.137 e. The van der Waals surface area contributed by atoms with Crippen LogP contribution in [0.1, 0.15) is 25.2 Å². The summed E-state index contributed by atoms with van der Waals surface area (Å²) in [7, 11) is 0. The van der Waals surface area contributed by atoms with E-state index in [0.717, 1.165) is 29.0 Å². The first kappa shape index (κ1) is 17.0. The van der Waals surface area contributed by atoms with E-state index in [-0.39, 0.29) is 11.9 Å². The van der Waals surface area contributed by atoms with E-state index >= 15 is 0 Å². The minimum Gasteiger partial charge on any atom is -0.384 e. The molecule has 0 unspecified atom stereocenters. The maximum absolute atomic E-state index is 13.9. The van der Waals surface area contributed by atoms with Gasteiger partial charge in [-0.1, -0.05) is 25.1 Å². The van der Waals surface area contributed by atoms with Crippen LogP contribution in [0.5, 0.6) is 0 Å². The van der Waals surface area contributed by atoms with Gasteiger partial charge in [0.25, 0.3) is 0 Å². The fraction of sp³-hybridized carbons (Fsp3) is 0.150. The van der Waals surface area contributed by atoms with Gasteiger partial charge in [-0.3, -0.25) is 4.57 Å². The van der Waals surface area contributed by atoms with E-state index in [0.29, 0.717) is 11.6 Å². The minimum atomic E-state index is -0.296. The summed E-state index contributed by atoms with van der Waals surface area (Å²) in [6.07, 6.45) is 2.17. The van der Waals surface area contributed by atoms with Crippen LogP contribution in [-0.4, -0.2) is 19.5 Å². The zero-order valence-corrected chi connectivity index (χ0v) is 14.8. The number of fused-ring (bicyclic) bond motifs is 1. The molecule has 0 spiro atoms. The lowest BCUT2D eigenvalue weighted by Gasteiger charge is -2.19. The van der Waals surface area contributed by atoms with Crippen LogP contribution in [0.25, 0.3) is 16.7 Å². The molecule has 0 aliphatic heterocycles. The molecule has 0 aliphatic rings. The fourth-order valence-corrected chi connectivity index (χ4v) is 3.13. The zero-order chi connectivity index (χ0) is 18.8. The van der Waals surface area contributed by atoms with E-state index < -0.39 is 0 Å². The highest BCUT2D eigenvalue weighted by atomic mass is 19.1. The number of aromatic nitrogens is 4. The molecule has 0 aliphatic carbocycles. The van der Waals surface area contributed by atoms with Crippen LogP contribution in [0.15, 0.2) is 60.9 Å². The van der Waals surface area contributed by atoms with Gasteiger partial charge in [0.15, 0.2) is 0 Å². The average molecular weight is 362 g/mol. The molecule has 0 fully saturated rings. The number of nitrogens with two attached hydrogens (primary N) is 1. The lowest BCUT2D eigenvalue weighted by molar-refractivity contribution is 0.629. The summed E-state index contributed by atoms with van der Waals surface area (Å²) in [5.74, 6) is 1.49. The number of hydrogen-bond donors (Lipinski definition) is 2. The summed E-state index contributed by atoms with van der Waals surface area (Å²) in [5, 5.41) is 3.36. The molecule has 27 heavy (non-hydrogen) atoms. The van der Waals surface area contributed by atoms with E-state index in [9.17, 15) is 4.39 Å². The Balaban J connectivity index is 1.86. The Kier molecular flexibility index (Phi) is 4.42. The van der Waals surface area contributed by atoms with Crippen molar-refractivity contribution in [2.75, 3.05) is 11.1 Å². The van der Waals surface area contributed by atoms with Crippen molar-refractivity contribution in [2.45, 2.75) is 19.4 Å². The zero-order valence-electron chi connectivity index (χ0n) is 14.8. The summed E-state index contributed by atoms with van der Waals surface area (Å²) < 4.78 is 15.9. The van der Waals surface area contributed by atoms with E-state index in [1.54, 1.807) is 12.1 Å². The standard InChI is InChI=1S/C20H19FN6/c1-2-15(25-19-11-18(22)23-12-24-19)20-26-16-9-8-13(21)10-17(16)27(20)14-6-4-3-5-7-14/h3-12,15H,2H2,1H3,(H3,22,23,24,25)/t15-/m0/s1. The van der Waals surface area contributed by atoms with Crippen LogP contribution in [-0.2, 0) is 0 Å². The Morgan fingerprint density at radius 3 is 2.67 bits per heavy atom. The van der Waals surface area contributed by atoms with Crippen molar-refractivity contribution in [3.8, 4) is 5.69 Å². The number of nitrogen functional groups attached to an aromatic ring is 1. The predicted octanol–water partition coefficient (Wildman–Crippen LogP) is 4.10. The summed E-state index contributed by atoms with van der Waals surface area (Å²) >= 11 is 0. The van der Waals surface area contributed by atoms with Gasteiger partial charge in [-0.15, -0.1) is 0 Å². The van der Waals surface area contributed by atoms with Crippen molar-refractivity contribution in [2.24, 2.45) is 0 Å². The average Bonchev–Trinajstić information content (AvgIpc) is 3.05. The van der Waals surface area contributed by atoms with Gasteiger partial charge in [0, 0.05) is 17.8 Å². The molecule has 7 heteroatoms. The molecule has 2 heterocycles. The molecular weight excluding hydrogens is 343 g/mol. The molecule has 0 amide bonds. The van der Waals surface area contributed by atoms with E-state index in [4.69, 9.17) is 10.7 Å². The summed E-state index contributed by atoms with van der Waals surface area (Å²) in [6, 6.07) is 16.0. The fourth-order valence-electron chi connectivity index (χ4n) is 3.13. The van der Waals surface area contributed by atoms with E-state index in [2.05, 4.69) is 22.2 Å². The van der Waals surface area contributed by atoms with Gasteiger partial charge in [-0.2, -0.15) is 0 Å². The van der Waals surface area contributed by atoms with Crippen molar-refractivity contribution in [3.63, 3.8) is 0 Å². The topological polar surface area (TPSA) is 81.7 Å². The first-order valence-electron chi connectivity index (χ1n) is 8.73. The smallest absolute Gasteiger partial charge is 0.137 e. The second kappa shape index (κ2) is 7.03. The number of para-hydroxylation sites is 1. The number of imidazole rings is 1. The van der Waals surface area contributed by atoms with Crippen molar-refractivity contribution in [3.05, 3.63) is 72.6 Å². The molecule has 0 bridgehead atoms. The summed E-state index contributed by atoms with van der Waals surface area (Å²) in [5.41, 5.74) is 8.13. The SMILES string of the molecule is CC[C@H](Nc1cc(N)ncn1)c1nc2ccc(F)cc2n1-c1ccccc1. The van der Waals surface area contributed by atoms with Crippen molar-refractivity contribution >= 4 is 22.7 Å². The van der Waals surface area contributed by atoms with Crippen molar-refractivity contribution in [1.82, 2.24) is 19.5 Å². The lowest BCUT2D eigenvalue weighted by atomic mass is 10.2. The van der Waals surface area contributed by atoms with Crippen LogP contribution in [0.4, 0.5) is 16.0 Å². The maximum atomic E-state index is 13.9. The van der Waals surface area contributed by atoms with Gasteiger partial charge in [-0.05, 0) is 30.7 Å². The van der Waals surface area contributed by atoms with Crippen LogP contribution < -0.4 is 11.1 Å². The second-order valence-electron chi connectivity index (χ2n) is 6.21. The molecular formula is C20H19FN6. The minimum absolute atomic E-state index is 0.144. The van der Waals surface area contributed by atoms with Gasteiger partial charge in [0.1, 0.15) is 29.6 Å². The van der Waals surface area contributed by atoms with Crippen LogP contribution in [0.3, 0.4) is 0 Å². The Hall–Kier alpha value is -3.48. The molecule has 4 aromatic rings. The molecule has 6 nitrogen and oxygen atoms in total. The Labute approximate surface area is 155 Å². The van der Waals surface area contributed by atoms with Crippen LogP contribution >= 0.6 is 0 Å². The van der Waals surface area contributed by atoms with Crippen LogP contribution in [0, 0.1) is 5.82 Å². The number of nitrogens with one attached hydrogen (secondary N) is 1. The second-order valence-corrected chi connectivity index (χ2v) is 6.21. The molecule has 0 saturated heterocycles. The molecule has 136 valence electrons. The Morgan fingerprint density at radius 1 is 1.11 bits per heavy atom. The molecule has 0 saturated carbocycles. The molecule has 2 aromatic heterocycles. The number of anilines is 2. The third-order valence-electron chi connectivity index (χ3n) is 4.39. The lowest BCUT2D eigenvalue weighted by Crippen LogP contribution is -2.16. The number of benzene rings is 2. The highest BCUT2D eigenvalue weighted by Gasteiger charge is 2.21. The molecule has 1 atom stereocenters.